The molecule has 0 bridgehead atoms. The van der Waals surface area contributed by atoms with Gasteiger partial charge in [0.25, 0.3) is 11.8 Å². The van der Waals surface area contributed by atoms with E-state index in [0.717, 1.165) is 41.3 Å². The Morgan fingerprint density at radius 3 is 1.36 bits per heavy atom. The molecule has 15 nitrogen and oxygen atoms in total. The van der Waals surface area contributed by atoms with Crippen LogP contribution in [-0.4, -0.2) is 120 Å². The number of aromatic carboxylic acids is 1. The van der Waals surface area contributed by atoms with Crippen molar-refractivity contribution in [3.63, 3.8) is 0 Å². The van der Waals surface area contributed by atoms with Crippen LogP contribution in [-0.2, 0) is 28.7 Å². The molecule has 0 aliphatic carbocycles. The number of ether oxygens (including phenoxy) is 2. The molecule has 2 unspecified atom stereocenters. The molecule has 0 saturated heterocycles. The molecule has 346 valence electrons. The van der Waals surface area contributed by atoms with Crippen molar-refractivity contribution in [2.75, 3.05) is 49.6 Å². The van der Waals surface area contributed by atoms with Crippen molar-refractivity contribution < 1.29 is 58.7 Å². The minimum absolute atomic E-state index is 0. The number of aldehydes is 2. The number of halogens is 2. The van der Waals surface area contributed by atoms with E-state index in [2.05, 4.69) is 49.1 Å². The third kappa shape index (κ3) is 19.9. The topological polar surface area (TPSA) is 215 Å². The number of carboxylic acids is 1. The molecule has 0 aliphatic rings. The molecule has 0 fully saturated rings. The molecule has 3 amide bonds. The van der Waals surface area contributed by atoms with E-state index in [-0.39, 0.29) is 18.0 Å². The zero-order chi connectivity index (χ0) is 49.4. The van der Waals surface area contributed by atoms with Gasteiger partial charge in [-0.15, -0.1) is 12.4 Å². The van der Waals surface area contributed by atoms with Gasteiger partial charge in [0.05, 0.1) is 28.3 Å². The van der Waals surface area contributed by atoms with E-state index in [0.29, 0.717) is 22.3 Å². The number of carbonyl (C=O) groups is 8. The van der Waals surface area contributed by atoms with Gasteiger partial charge in [-0.1, -0.05) is 72.2 Å². The van der Waals surface area contributed by atoms with Gasteiger partial charge in [0.2, 0.25) is 11.9 Å². The van der Waals surface area contributed by atoms with Crippen LogP contribution >= 0.6 is 12.4 Å². The number of methoxy groups -OCH3 is 2. The predicted molar refractivity (Wildman–Crippen MR) is 251 cm³/mol. The van der Waals surface area contributed by atoms with Gasteiger partial charge in [-0.3, -0.25) is 33.7 Å². The van der Waals surface area contributed by atoms with Gasteiger partial charge in [0.1, 0.15) is 12.6 Å². The number of hydrogen-bond acceptors (Lipinski definition) is 11. The number of amides is 3. The van der Waals surface area contributed by atoms with Crippen molar-refractivity contribution in [3.05, 3.63) is 154 Å². The highest BCUT2D eigenvalue weighted by Crippen LogP contribution is 2.11. The highest BCUT2D eigenvalue weighted by molar-refractivity contribution is 6.07. The Kier molecular flexibility index (Phi) is 27.5. The Balaban J connectivity index is 0.00000104. The van der Waals surface area contributed by atoms with Gasteiger partial charge in [0, 0.05) is 49.0 Å². The number of carboxylic acid groups (broad SMARTS) is 1. The normalized spacial score (nSPS) is 10.6. The van der Waals surface area contributed by atoms with Crippen LogP contribution in [0.2, 0.25) is 0 Å². The number of nitrogens with one attached hydrogen (secondary N) is 3. The van der Waals surface area contributed by atoms with Crippen LogP contribution in [0.15, 0.2) is 109 Å². The van der Waals surface area contributed by atoms with Crippen LogP contribution in [0.3, 0.4) is 0 Å². The minimum Gasteiger partial charge on any atom is -0.478 e. The van der Waals surface area contributed by atoms with Crippen LogP contribution in [0, 0.1) is 23.7 Å². The molecular formula is C49H50ClFN4O11. The molecule has 2 atom stereocenters. The smallest absolute Gasteiger partial charge is 0.338 e. The maximum Gasteiger partial charge on any atom is 0.338 e. The highest BCUT2D eigenvalue weighted by atomic mass is 35.5. The molecule has 17 heteroatoms. The van der Waals surface area contributed by atoms with Crippen LogP contribution in [0.1, 0.15) is 65.1 Å². The van der Waals surface area contributed by atoms with Crippen LogP contribution in [0.4, 0.5) is 4.39 Å². The number of esters is 2. The Hall–Kier alpha value is -8.18. The monoisotopic (exact) mass is 925 g/mol. The summed E-state index contributed by atoms with van der Waals surface area (Å²) < 4.78 is 24.5. The summed E-state index contributed by atoms with van der Waals surface area (Å²) in [6, 6.07) is 24.8. The maximum absolute atomic E-state index is 12.7. The van der Waals surface area contributed by atoms with E-state index >= 15 is 0 Å². The summed E-state index contributed by atoms with van der Waals surface area (Å²) in [6.07, 6.45) is 8.64. The third-order valence-electron chi connectivity index (χ3n) is 8.42. The van der Waals surface area contributed by atoms with Gasteiger partial charge in [0.15, 0.2) is 6.04 Å². The molecule has 4 N–H and O–H groups in total. The molecule has 4 aromatic carbocycles. The van der Waals surface area contributed by atoms with Crippen LogP contribution in [0.5, 0.6) is 0 Å². The number of alkyl halides is 1. The fourth-order valence-corrected chi connectivity index (χ4v) is 4.92. The van der Waals surface area contributed by atoms with E-state index < -0.39 is 54.9 Å². The molecule has 0 spiro atoms. The number of likely N-dealkylation sites (N-methyl/N-ethyl adjacent to an activating group) is 4. The minimum atomic E-state index is -1.38. The molecule has 66 heavy (non-hydrogen) atoms. The largest absolute Gasteiger partial charge is 0.478 e. The average Bonchev–Trinajstić information content (AvgIpc) is 3.35. The first-order valence-electron chi connectivity index (χ1n) is 19.7. The van der Waals surface area contributed by atoms with Crippen LogP contribution in [0.25, 0.3) is 12.2 Å². The van der Waals surface area contributed by atoms with E-state index in [9.17, 15) is 42.7 Å². The second kappa shape index (κ2) is 32.5. The summed E-state index contributed by atoms with van der Waals surface area (Å²) in [5, 5.41) is 16.0. The Bertz CT molecular complexity index is 2410. The standard InChI is InChI=1S/C24H22N2O5.C18H12O3.C6H12N2O3.CH3F.ClH/c1-25-22(28)21(24(30)31-3)26(2)23(29)20-14-12-18(13-15-20)7-5-4-6-17-8-10-19(16-27)11-9-17;19-13-16-7-5-14(6-8-16)3-1-2-4-15-9-11-17(12-10-15)18(20)21;1-7-4(5(9)8-2)6(10)11-3;1-2;/h4,6,8-16,21H,1-3H3,(H,25,28);1,3,5-13H,(H,20,21);4,7H,1-3H3,(H,8,9);1H3;1H/b6-4+;3-1+;;;/i;;;1D;. The number of rotatable bonds is 12. The van der Waals surface area contributed by atoms with Gasteiger partial charge in [-0.2, -0.15) is 0 Å². The van der Waals surface area contributed by atoms with Gasteiger partial charge in [-0.05, 0) is 91.0 Å². The van der Waals surface area contributed by atoms with Crippen LogP contribution < -0.4 is 16.0 Å². The second-order valence-corrected chi connectivity index (χ2v) is 12.5. The number of benzene rings is 4. The quantitative estimate of drug-likeness (QED) is 0.0660. The van der Waals surface area contributed by atoms with Crippen molar-refractivity contribution in [2.45, 2.75) is 12.1 Å². The first-order valence-corrected chi connectivity index (χ1v) is 19.0. The van der Waals surface area contributed by atoms with Crippen molar-refractivity contribution >= 4 is 72.8 Å². The lowest BCUT2D eigenvalue weighted by Crippen LogP contribution is -2.51. The summed E-state index contributed by atoms with van der Waals surface area (Å²) in [6.45, 7) is 0. The molecule has 4 rings (SSSR count). The summed E-state index contributed by atoms with van der Waals surface area (Å²) in [5.74, 6) is 7.74. The molecular weight excluding hydrogens is 875 g/mol. The Morgan fingerprint density at radius 1 is 0.652 bits per heavy atom. The summed E-state index contributed by atoms with van der Waals surface area (Å²) >= 11 is 0. The number of carbonyl (C=O) groups excluding carboxylic acids is 7. The maximum atomic E-state index is 12.7. The average molecular weight is 926 g/mol. The Labute approximate surface area is 390 Å². The number of nitrogens with zero attached hydrogens (tertiary/aromatic N) is 1. The summed E-state index contributed by atoms with van der Waals surface area (Å²) in [5.41, 5.74) is 5.10. The Morgan fingerprint density at radius 2 is 1.03 bits per heavy atom. The fourth-order valence-electron chi connectivity index (χ4n) is 4.92. The lowest BCUT2D eigenvalue weighted by atomic mass is 10.1. The summed E-state index contributed by atoms with van der Waals surface area (Å²) in [7, 11) is 7.08. The molecule has 4 aromatic rings. The third-order valence-corrected chi connectivity index (χ3v) is 8.42. The zero-order valence-corrected chi connectivity index (χ0v) is 37.6. The molecule has 0 saturated carbocycles. The highest BCUT2D eigenvalue weighted by Gasteiger charge is 2.34. The lowest BCUT2D eigenvalue weighted by molar-refractivity contribution is -0.150. The van der Waals surface area contributed by atoms with Gasteiger partial charge in [-0.25, -0.2) is 14.4 Å². The first kappa shape index (κ1) is 55.8. The number of allylic oxidation sites excluding steroid dienone is 2. The van der Waals surface area contributed by atoms with E-state index in [4.69, 9.17) is 6.48 Å². The van der Waals surface area contributed by atoms with Crippen molar-refractivity contribution in [1.82, 2.24) is 20.9 Å². The predicted octanol–water partition coefficient (Wildman–Crippen LogP) is 4.69. The fraction of sp³-hybridized carbons (Fsp3) is 0.184. The van der Waals surface area contributed by atoms with Crippen molar-refractivity contribution in [3.8, 4) is 23.7 Å². The van der Waals surface area contributed by atoms with Crippen molar-refractivity contribution in [1.29, 1.82) is 0 Å². The number of hydrogen-bond donors (Lipinski definition) is 4. The second-order valence-electron chi connectivity index (χ2n) is 12.5. The molecule has 0 aliphatic heterocycles. The molecule has 0 heterocycles. The SMILES string of the molecule is CNC(=O)C(C(=O)OC)N(C)C(=O)c1ccc(C#C/C=C/c2ccc(C=O)cc2)cc1.CNC(=O)C(NC)C(=O)OC.Cl.O=Cc1ccc(/C=C/C#Cc2ccc(C(=O)O)cc2)cc1.[2H]CF. The zero-order valence-electron chi connectivity index (χ0n) is 37.8. The molecule has 0 aromatic heterocycles. The van der Waals surface area contributed by atoms with E-state index in [1.54, 1.807) is 72.8 Å². The summed E-state index contributed by atoms with van der Waals surface area (Å²) in [4.78, 5) is 91.1. The van der Waals surface area contributed by atoms with Gasteiger partial charge < -0.3 is 30.1 Å². The van der Waals surface area contributed by atoms with E-state index in [1.807, 2.05) is 36.4 Å². The van der Waals surface area contributed by atoms with Gasteiger partial charge >= 0.3 is 17.9 Å². The first-order chi connectivity index (χ1) is 31.7. The van der Waals surface area contributed by atoms with E-state index in [1.165, 1.54) is 47.4 Å². The lowest BCUT2D eigenvalue weighted by Gasteiger charge is -2.24. The van der Waals surface area contributed by atoms with Crippen molar-refractivity contribution in [2.24, 2.45) is 0 Å². The molecule has 0 radical (unpaired) electrons.